The van der Waals surface area contributed by atoms with Crippen molar-refractivity contribution >= 4 is 22.3 Å². The highest BCUT2D eigenvalue weighted by Crippen LogP contribution is 2.32. The molecule has 0 bridgehead atoms. The molecule has 1 aromatic heterocycles. The van der Waals surface area contributed by atoms with Crippen LogP contribution in [0.5, 0.6) is 0 Å². The van der Waals surface area contributed by atoms with Crippen LogP contribution in [-0.4, -0.2) is 11.0 Å². The van der Waals surface area contributed by atoms with Crippen molar-refractivity contribution in [2.45, 2.75) is 46.1 Å². The summed E-state index contributed by atoms with van der Waals surface area (Å²) in [5.74, 6) is 1.59. The van der Waals surface area contributed by atoms with Gasteiger partial charge in [0.15, 0.2) is 0 Å². The van der Waals surface area contributed by atoms with Crippen molar-refractivity contribution in [3.05, 3.63) is 30.0 Å². The summed E-state index contributed by atoms with van der Waals surface area (Å²) >= 11 is 0. The highest BCUT2D eigenvalue weighted by atomic mass is 14.9. The summed E-state index contributed by atoms with van der Waals surface area (Å²) in [4.78, 5) is 4.60. The molecule has 1 fully saturated rings. The zero-order chi connectivity index (χ0) is 15.0. The Morgan fingerprint density at radius 3 is 2.52 bits per heavy atom. The Labute approximate surface area is 127 Å². The van der Waals surface area contributed by atoms with Crippen LogP contribution in [0.2, 0.25) is 0 Å². The molecule has 3 heteroatoms. The number of rotatable bonds is 2. The lowest BCUT2D eigenvalue weighted by Gasteiger charge is -2.33. The summed E-state index contributed by atoms with van der Waals surface area (Å²) in [5.41, 5.74) is 9.99. The second kappa shape index (κ2) is 5.55. The van der Waals surface area contributed by atoms with Gasteiger partial charge in [-0.1, -0.05) is 13.8 Å². The molecule has 0 amide bonds. The van der Waals surface area contributed by atoms with Crippen LogP contribution < -0.4 is 11.1 Å². The molecule has 1 heterocycles. The second-order valence-corrected chi connectivity index (χ2v) is 6.85. The predicted molar refractivity (Wildman–Crippen MR) is 90.5 cm³/mol. The van der Waals surface area contributed by atoms with Gasteiger partial charge in [-0.05, 0) is 62.3 Å². The molecule has 2 aromatic rings. The maximum atomic E-state index is 5.95. The third-order valence-electron chi connectivity index (χ3n) is 4.50. The molecule has 2 atom stereocenters. The Bertz CT molecular complexity index is 640. The molecular weight excluding hydrogens is 258 g/mol. The first-order chi connectivity index (χ1) is 10.0. The number of hydrogen-bond donors (Lipinski definition) is 2. The Kier molecular flexibility index (Phi) is 3.75. The lowest BCUT2D eigenvalue weighted by atomic mass is 9.80. The minimum Gasteiger partial charge on any atom is -0.399 e. The van der Waals surface area contributed by atoms with Gasteiger partial charge in [0.05, 0.1) is 5.52 Å². The molecule has 0 spiro atoms. The lowest BCUT2D eigenvalue weighted by Crippen LogP contribution is -2.30. The molecule has 1 aliphatic carbocycles. The van der Waals surface area contributed by atoms with E-state index in [4.69, 9.17) is 5.73 Å². The van der Waals surface area contributed by atoms with Crippen LogP contribution in [0.4, 0.5) is 11.4 Å². The maximum absolute atomic E-state index is 5.95. The molecule has 0 saturated heterocycles. The maximum Gasteiger partial charge on any atom is 0.0727 e. The van der Waals surface area contributed by atoms with E-state index in [1.807, 2.05) is 25.1 Å². The van der Waals surface area contributed by atoms with Gasteiger partial charge in [0, 0.05) is 28.5 Å². The third kappa shape index (κ3) is 3.12. The fraction of sp³-hybridized carbons (Fsp3) is 0.500. The zero-order valence-electron chi connectivity index (χ0n) is 13.2. The quantitative estimate of drug-likeness (QED) is 0.805. The first kappa shape index (κ1) is 14.2. The molecule has 1 aliphatic rings. The molecule has 112 valence electrons. The average molecular weight is 283 g/mol. The van der Waals surface area contributed by atoms with E-state index in [1.165, 1.54) is 24.9 Å². The van der Waals surface area contributed by atoms with Crippen LogP contribution >= 0.6 is 0 Å². The number of nitrogens with zero attached hydrogens (tertiary/aromatic N) is 1. The number of benzene rings is 1. The Morgan fingerprint density at radius 2 is 1.81 bits per heavy atom. The van der Waals surface area contributed by atoms with Crippen LogP contribution in [0.25, 0.3) is 10.9 Å². The summed E-state index contributed by atoms with van der Waals surface area (Å²) in [6, 6.07) is 8.65. The van der Waals surface area contributed by atoms with Gasteiger partial charge < -0.3 is 11.1 Å². The molecule has 0 aliphatic heterocycles. The van der Waals surface area contributed by atoms with Crippen LogP contribution in [0, 0.1) is 18.8 Å². The van der Waals surface area contributed by atoms with E-state index in [1.54, 1.807) is 0 Å². The van der Waals surface area contributed by atoms with Crippen LogP contribution in [-0.2, 0) is 0 Å². The smallest absolute Gasteiger partial charge is 0.0727 e. The first-order valence-electron chi connectivity index (χ1n) is 7.94. The van der Waals surface area contributed by atoms with Crippen LogP contribution in [0.1, 0.15) is 38.8 Å². The number of anilines is 2. The van der Waals surface area contributed by atoms with Gasteiger partial charge in [-0.2, -0.15) is 0 Å². The van der Waals surface area contributed by atoms with Crippen molar-refractivity contribution in [2.24, 2.45) is 11.8 Å². The van der Waals surface area contributed by atoms with E-state index < -0.39 is 0 Å². The van der Waals surface area contributed by atoms with Crippen molar-refractivity contribution in [2.75, 3.05) is 11.1 Å². The van der Waals surface area contributed by atoms with E-state index in [9.17, 15) is 0 Å². The number of nitrogen functional groups attached to an aromatic ring is 1. The number of pyridine rings is 1. The molecule has 3 N–H and O–H groups in total. The lowest BCUT2D eigenvalue weighted by molar-refractivity contribution is 0.281. The van der Waals surface area contributed by atoms with Crippen molar-refractivity contribution in [3.63, 3.8) is 0 Å². The van der Waals surface area contributed by atoms with Crippen molar-refractivity contribution < 1.29 is 0 Å². The largest absolute Gasteiger partial charge is 0.399 e. The minimum atomic E-state index is 0.551. The van der Waals surface area contributed by atoms with Gasteiger partial charge in [-0.3, -0.25) is 4.98 Å². The van der Waals surface area contributed by atoms with E-state index in [0.29, 0.717) is 6.04 Å². The Balaban J connectivity index is 1.94. The Hall–Kier alpha value is -1.77. The van der Waals surface area contributed by atoms with Gasteiger partial charge in [0.25, 0.3) is 0 Å². The molecule has 2 unspecified atom stereocenters. The van der Waals surface area contributed by atoms with Crippen LogP contribution in [0.15, 0.2) is 24.3 Å². The Morgan fingerprint density at radius 1 is 1.10 bits per heavy atom. The molecule has 1 aromatic carbocycles. The van der Waals surface area contributed by atoms with Crippen molar-refractivity contribution in [1.29, 1.82) is 0 Å². The zero-order valence-corrected chi connectivity index (χ0v) is 13.2. The summed E-state index contributed by atoms with van der Waals surface area (Å²) < 4.78 is 0. The monoisotopic (exact) mass is 283 g/mol. The van der Waals surface area contributed by atoms with Gasteiger partial charge >= 0.3 is 0 Å². The molecule has 21 heavy (non-hydrogen) atoms. The number of aromatic nitrogens is 1. The van der Waals surface area contributed by atoms with Crippen molar-refractivity contribution in [1.82, 2.24) is 4.98 Å². The highest BCUT2D eigenvalue weighted by molar-refractivity contribution is 5.93. The normalized spacial score (nSPS) is 26.0. The van der Waals surface area contributed by atoms with Gasteiger partial charge in [0.1, 0.15) is 0 Å². The molecule has 0 radical (unpaired) electrons. The summed E-state index contributed by atoms with van der Waals surface area (Å²) in [6.07, 6.45) is 3.84. The predicted octanol–water partition coefficient (Wildman–Crippen LogP) is 4.36. The standard InChI is InChI=1S/C18H25N3/c1-11-6-12(2)8-15(7-11)21-18-9-13(3)20-17-5-4-14(19)10-16(17)18/h4-5,9-12,15H,6-8,19H2,1-3H3,(H,20,21). The molecular formula is C18H25N3. The summed E-state index contributed by atoms with van der Waals surface area (Å²) in [7, 11) is 0. The number of nitrogens with one attached hydrogen (secondary N) is 1. The van der Waals surface area contributed by atoms with Crippen LogP contribution in [0.3, 0.4) is 0 Å². The van der Waals surface area contributed by atoms with Gasteiger partial charge in [0.2, 0.25) is 0 Å². The second-order valence-electron chi connectivity index (χ2n) is 6.85. The van der Waals surface area contributed by atoms with E-state index >= 15 is 0 Å². The third-order valence-corrected chi connectivity index (χ3v) is 4.50. The first-order valence-corrected chi connectivity index (χ1v) is 7.94. The number of hydrogen-bond acceptors (Lipinski definition) is 3. The fourth-order valence-corrected chi connectivity index (χ4v) is 3.78. The topological polar surface area (TPSA) is 50.9 Å². The average Bonchev–Trinajstić information content (AvgIpc) is 2.38. The van der Waals surface area contributed by atoms with Gasteiger partial charge in [-0.15, -0.1) is 0 Å². The molecule has 1 saturated carbocycles. The molecule has 3 nitrogen and oxygen atoms in total. The van der Waals surface area contributed by atoms with E-state index in [0.717, 1.165) is 34.1 Å². The van der Waals surface area contributed by atoms with E-state index in [-0.39, 0.29) is 0 Å². The van der Waals surface area contributed by atoms with Crippen molar-refractivity contribution in [3.8, 4) is 0 Å². The number of nitrogens with two attached hydrogens (primary N) is 1. The summed E-state index contributed by atoms with van der Waals surface area (Å²) in [6.45, 7) is 6.77. The van der Waals surface area contributed by atoms with E-state index in [2.05, 4.69) is 30.2 Å². The highest BCUT2D eigenvalue weighted by Gasteiger charge is 2.24. The SMILES string of the molecule is Cc1cc(NC2CC(C)CC(C)C2)c2cc(N)ccc2n1. The molecule has 3 rings (SSSR count). The number of aryl methyl sites for hydroxylation is 1. The fourth-order valence-electron chi connectivity index (χ4n) is 3.78. The summed E-state index contributed by atoms with van der Waals surface area (Å²) in [5, 5.41) is 4.89. The van der Waals surface area contributed by atoms with Gasteiger partial charge in [-0.25, -0.2) is 0 Å². The minimum absolute atomic E-state index is 0.551. The number of fused-ring (bicyclic) bond motifs is 1.